The second-order valence-electron chi connectivity index (χ2n) is 6.41. The van der Waals surface area contributed by atoms with Gasteiger partial charge in [-0.1, -0.05) is 40.1 Å². The summed E-state index contributed by atoms with van der Waals surface area (Å²) in [7, 11) is 0.766. The molecule has 2 aromatic rings. The van der Waals surface area contributed by atoms with E-state index >= 15 is 0 Å². The Balaban J connectivity index is 2.66. The van der Waals surface area contributed by atoms with Crippen molar-refractivity contribution < 1.29 is 31.4 Å². The van der Waals surface area contributed by atoms with Crippen molar-refractivity contribution in [2.24, 2.45) is 0 Å². The minimum absolute atomic E-state index is 0.0365. The predicted octanol–water partition coefficient (Wildman–Crippen LogP) is 5.69. The van der Waals surface area contributed by atoms with Crippen LogP contribution < -0.4 is 10.0 Å². The first-order valence-corrected chi connectivity index (χ1v) is 9.74. The van der Waals surface area contributed by atoms with Crippen LogP contribution >= 0.6 is 8.58 Å². The van der Waals surface area contributed by atoms with Gasteiger partial charge in [0.1, 0.15) is 5.75 Å². The molecular weight excluding hydrogens is 398 g/mol. The van der Waals surface area contributed by atoms with Crippen LogP contribution in [0.25, 0.3) is 0 Å². The molecule has 1 unspecified atom stereocenters. The van der Waals surface area contributed by atoms with Crippen LogP contribution in [0.4, 0.5) is 22.0 Å². The number of hydrogen-bond acceptors (Lipinski definition) is 2. The van der Waals surface area contributed by atoms with E-state index in [0.29, 0.717) is 24.2 Å². The van der Waals surface area contributed by atoms with E-state index in [1.54, 1.807) is 6.07 Å². The predicted molar refractivity (Wildman–Crippen MR) is 100 cm³/mol. The molecule has 1 atom stereocenters. The van der Waals surface area contributed by atoms with Gasteiger partial charge in [-0.05, 0) is 25.8 Å². The van der Waals surface area contributed by atoms with Crippen molar-refractivity contribution in [1.29, 1.82) is 0 Å². The molecule has 0 saturated heterocycles. The average molecular weight is 420 g/mol. The Morgan fingerprint density at radius 2 is 1.43 bits per heavy atom. The molecule has 0 amide bonds. The summed E-state index contributed by atoms with van der Waals surface area (Å²) in [6, 6.07) is 5.34. The fraction of sp³-hybridized carbons (Fsp3) is 0.400. The molecule has 0 fully saturated rings. The molecule has 0 aliphatic carbocycles. The molecule has 2 aromatic carbocycles. The summed E-state index contributed by atoms with van der Waals surface area (Å²) in [5.74, 6) is -9.12. The number of ether oxygens (including phenoxy) is 2. The first-order valence-electron chi connectivity index (χ1n) is 8.74. The summed E-state index contributed by atoms with van der Waals surface area (Å²) >= 11 is 0. The molecule has 0 heterocycles. The Labute approximate surface area is 162 Å². The van der Waals surface area contributed by atoms with Crippen LogP contribution in [0.3, 0.4) is 0 Å². The summed E-state index contributed by atoms with van der Waals surface area (Å²) in [4.78, 5) is 0. The largest absolute Gasteiger partial charge is 0.467 e. The quantitative estimate of drug-likeness (QED) is 0.180. The first kappa shape index (κ1) is 22.6. The van der Waals surface area contributed by atoms with Crippen molar-refractivity contribution in [2.75, 3.05) is 13.9 Å². The lowest BCUT2D eigenvalue weighted by Crippen LogP contribution is -2.27. The monoisotopic (exact) mass is 420 g/mol. The molecule has 8 heteroatoms. The van der Waals surface area contributed by atoms with E-state index in [4.69, 9.17) is 9.47 Å². The maximum atomic E-state index is 14.3. The fourth-order valence-electron chi connectivity index (χ4n) is 3.10. The highest BCUT2D eigenvalue weighted by Gasteiger charge is 2.36. The molecule has 0 spiro atoms. The number of halogens is 5. The van der Waals surface area contributed by atoms with E-state index in [1.807, 2.05) is 32.9 Å². The second kappa shape index (κ2) is 9.19. The molecule has 0 saturated carbocycles. The van der Waals surface area contributed by atoms with Gasteiger partial charge in [-0.2, -0.15) is 0 Å². The molecule has 2 rings (SSSR count). The maximum absolute atomic E-state index is 14.3. The van der Waals surface area contributed by atoms with Crippen molar-refractivity contribution in [3.05, 3.63) is 58.4 Å². The zero-order chi connectivity index (χ0) is 21.1. The highest BCUT2D eigenvalue weighted by atomic mass is 31.1. The van der Waals surface area contributed by atoms with E-state index in [1.165, 1.54) is 7.11 Å². The summed E-state index contributed by atoms with van der Waals surface area (Å²) in [6.07, 6.45) is 0.822. The standard InChI is InChI=1S/C20H22F5O2P/c1-5-20(6-2,12-9-11(3)7-8-13(12)27-10-26-4)28-19-17(24)15(22)14(21)16(23)18(19)25/h7-9,28H,5-6,10H2,1-4H3. The molecule has 154 valence electrons. The van der Waals surface area contributed by atoms with Gasteiger partial charge in [-0.25, -0.2) is 22.0 Å². The maximum Gasteiger partial charge on any atom is 0.200 e. The summed E-state index contributed by atoms with van der Waals surface area (Å²) in [5, 5.41) is -1.66. The van der Waals surface area contributed by atoms with Gasteiger partial charge in [0.15, 0.2) is 30.1 Å². The van der Waals surface area contributed by atoms with Gasteiger partial charge in [0.2, 0.25) is 5.82 Å². The van der Waals surface area contributed by atoms with Gasteiger partial charge in [0.05, 0.1) is 5.30 Å². The highest BCUT2D eigenvalue weighted by molar-refractivity contribution is 7.48. The smallest absolute Gasteiger partial charge is 0.200 e. The molecule has 0 N–H and O–H groups in total. The molecule has 0 aliphatic heterocycles. The Hall–Kier alpha value is -1.72. The number of benzene rings is 2. The van der Waals surface area contributed by atoms with Crippen LogP contribution in [0, 0.1) is 36.0 Å². The normalized spacial score (nSPS) is 12.2. The topological polar surface area (TPSA) is 18.5 Å². The van der Waals surface area contributed by atoms with Crippen molar-refractivity contribution >= 4 is 13.9 Å². The molecule has 0 aliphatic rings. The van der Waals surface area contributed by atoms with Gasteiger partial charge in [-0.15, -0.1) is 0 Å². The van der Waals surface area contributed by atoms with Crippen LogP contribution in [0.5, 0.6) is 5.75 Å². The Bertz CT molecular complexity index is 824. The molecule has 0 aromatic heterocycles. The third kappa shape index (κ3) is 4.15. The first-order chi connectivity index (χ1) is 13.2. The van der Waals surface area contributed by atoms with Crippen LogP contribution in [0.1, 0.15) is 37.8 Å². The Kier molecular flexibility index (Phi) is 7.40. The van der Waals surface area contributed by atoms with Crippen LogP contribution in [-0.2, 0) is 9.89 Å². The lowest BCUT2D eigenvalue weighted by atomic mass is 9.90. The number of methoxy groups -OCH3 is 1. The molecular formula is C20H22F5O2P. The average Bonchev–Trinajstić information content (AvgIpc) is 2.70. The van der Waals surface area contributed by atoms with Crippen molar-refractivity contribution in [3.63, 3.8) is 0 Å². The van der Waals surface area contributed by atoms with Crippen molar-refractivity contribution in [2.45, 2.75) is 38.8 Å². The third-order valence-corrected chi connectivity index (χ3v) is 6.91. The van der Waals surface area contributed by atoms with Gasteiger partial charge in [0, 0.05) is 17.8 Å². The van der Waals surface area contributed by atoms with Crippen molar-refractivity contribution in [1.82, 2.24) is 0 Å². The van der Waals surface area contributed by atoms with Crippen LogP contribution in [0.2, 0.25) is 0 Å². The van der Waals surface area contributed by atoms with Crippen molar-refractivity contribution in [3.8, 4) is 5.75 Å². The molecule has 28 heavy (non-hydrogen) atoms. The van der Waals surface area contributed by atoms with Gasteiger partial charge >= 0.3 is 0 Å². The van der Waals surface area contributed by atoms with Gasteiger partial charge in [0.25, 0.3) is 0 Å². The lowest BCUT2D eigenvalue weighted by molar-refractivity contribution is 0.0499. The summed E-state index contributed by atoms with van der Waals surface area (Å²) in [5.41, 5.74) is 1.53. The minimum atomic E-state index is -2.15. The van der Waals surface area contributed by atoms with Crippen LogP contribution in [0.15, 0.2) is 18.2 Å². The zero-order valence-electron chi connectivity index (χ0n) is 16.1. The Morgan fingerprint density at radius 3 is 1.93 bits per heavy atom. The van der Waals surface area contributed by atoms with E-state index in [9.17, 15) is 22.0 Å². The third-order valence-electron chi connectivity index (χ3n) is 4.76. The second-order valence-corrected chi connectivity index (χ2v) is 8.12. The highest BCUT2D eigenvalue weighted by Crippen LogP contribution is 2.51. The van der Waals surface area contributed by atoms with Gasteiger partial charge in [-0.3, -0.25) is 0 Å². The molecule has 0 bridgehead atoms. The number of hydrogen-bond donors (Lipinski definition) is 0. The molecule has 2 nitrogen and oxygen atoms in total. The van der Waals surface area contributed by atoms with E-state index < -0.39 is 48.1 Å². The van der Waals surface area contributed by atoms with Gasteiger partial charge < -0.3 is 9.47 Å². The lowest BCUT2D eigenvalue weighted by Gasteiger charge is -2.34. The zero-order valence-corrected chi connectivity index (χ0v) is 17.1. The summed E-state index contributed by atoms with van der Waals surface area (Å²) < 4.78 is 80.0. The number of aryl methyl sites for hydroxylation is 1. The minimum Gasteiger partial charge on any atom is -0.467 e. The number of rotatable bonds is 8. The molecule has 0 radical (unpaired) electrons. The Morgan fingerprint density at radius 1 is 0.893 bits per heavy atom. The summed E-state index contributed by atoms with van der Waals surface area (Å²) in [6.45, 7) is 5.43. The van der Waals surface area contributed by atoms with Crippen LogP contribution in [-0.4, -0.2) is 13.9 Å². The van der Waals surface area contributed by atoms with E-state index in [2.05, 4.69) is 0 Å². The van der Waals surface area contributed by atoms with E-state index in [-0.39, 0.29) is 6.79 Å². The van der Waals surface area contributed by atoms with E-state index in [0.717, 1.165) is 5.56 Å². The SMILES string of the molecule is CCC(CC)(Pc1c(F)c(F)c(F)c(F)c1F)c1cc(C)ccc1OCOC. The fourth-order valence-corrected chi connectivity index (χ4v) is 4.70.